The van der Waals surface area contributed by atoms with Gasteiger partial charge < -0.3 is 4.98 Å². The number of nitrogens with one attached hydrogen (secondary N) is 1. The molecule has 0 spiro atoms. The van der Waals surface area contributed by atoms with Gasteiger partial charge in [0.15, 0.2) is 11.2 Å². The fraction of sp³-hybridized carbons (Fsp3) is 0.273. The minimum absolute atomic E-state index is 0.117. The van der Waals surface area contributed by atoms with Gasteiger partial charge in [0.2, 0.25) is 10.0 Å². The fourth-order valence-electron chi connectivity index (χ4n) is 4.22. The van der Waals surface area contributed by atoms with Crippen molar-refractivity contribution in [1.29, 1.82) is 0 Å². The van der Waals surface area contributed by atoms with Crippen LogP contribution < -0.4 is 5.56 Å². The van der Waals surface area contributed by atoms with E-state index in [1.54, 1.807) is 4.68 Å². The number of aromatic amines is 1. The first-order chi connectivity index (χ1) is 16.8. The van der Waals surface area contributed by atoms with Crippen molar-refractivity contribution in [1.82, 2.24) is 29.3 Å². The van der Waals surface area contributed by atoms with Gasteiger partial charge in [-0.2, -0.15) is 4.31 Å². The van der Waals surface area contributed by atoms with Crippen LogP contribution in [0.3, 0.4) is 0 Å². The summed E-state index contributed by atoms with van der Waals surface area (Å²) < 4.78 is 28.9. The summed E-state index contributed by atoms with van der Waals surface area (Å²) >= 11 is 0. The van der Waals surface area contributed by atoms with E-state index in [1.165, 1.54) is 22.5 Å². The molecule has 1 aliphatic rings. The van der Waals surface area contributed by atoms with E-state index in [9.17, 15) is 23.3 Å². The van der Waals surface area contributed by atoms with Crippen LogP contribution >= 0.6 is 0 Å². The zero-order chi connectivity index (χ0) is 24.6. The highest BCUT2D eigenvalue weighted by Gasteiger charge is 2.32. The molecule has 1 N–H and O–H groups in total. The summed E-state index contributed by atoms with van der Waals surface area (Å²) in [6.45, 7) is 0.797. The number of sulfonamides is 1. The number of nitro groups is 1. The molecule has 0 aliphatic carbocycles. The monoisotopic (exact) mass is 495 g/mol. The van der Waals surface area contributed by atoms with Gasteiger partial charge in [-0.15, -0.1) is 5.10 Å². The molecule has 0 atom stereocenters. The standard InChI is InChI=1S/C22H21N7O5S/c30-22-19-21(28(26-25-19)14-15-5-2-1-3-6-15)23-20(24-22)16-9-11-27(12-10-16)35(33,34)18-8-4-7-17(13-18)29(31)32/h1-8,13,16H,9-12,14H2,(H,23,24,30). The molecule has 12 nitrogen and oxygen atoms in total. The molecule has 0 amide bonds. The Morgan fingerprint density at radius 2 is 1.83 bits per heavy atom. The molecular formula is C22H21N7O5S. The number of nitro benzene ring substituents is 1. The van der Waals surface area contributed by atoms with Gasteiger partial charge in [-0.1, -0.05) is 41.6 Å². The van der Waals surface area contributed by atoms with Crippen LogP contribution in [0.25, 0.3) is 11.2 Å². The molecule has 1 aliphatic heterocycles. The van der Waals surface area contributed by atoms with Crippen molar-refractivity contribution in [3.63, 3.8) is 0 Å². The van der Waals surface area contributed by atoms with E-state index in [1.807, 2.05) is 30.3 Å². The highest BCUT2D eigenvalue weighted by molar-refractivity contribution is 7.89. The van der Waals surface area contributed by atoms with Crippen LogP contribution in [0.5, 0.6) is 0 Å². The normalized spacial score (nSPS) is 15.4. The van der Waals surface area contributed by atoms with Crippen LogP contribution in [0.4, 0.5) is 5.69 Å². The Bertz CT molecular complexity index is 1560. The smallest absolute Gasteiger partial charge is 0.281 e. The van der Waals surface area contributed by atoms with Crippen LogP contribution in [-0.2, 0) is 16.6 Å². The van der Waals surface area contributed by atoms with Crippen molar-refractivity contribution in [3.8, 4) is 0 Å². The molecule has 5 rings (SSSR count). The Morgan fingerprint density at radius 3 is 2.54 bits per heavy atom. The summed E-state index contributed by atoms with van der Waals surface area (Å²) in [5.74, 6) is 0.301. The summed E-state index contributed by atoms with van der Waals surface area (Å²) in [4.78, 5) is 30.3. The van der Waals surface area contributed by atoms with Crippen molar-refractivity contribution in [2.24, 2.45) is 0 Å². The molecule has 3 heterocycles. The Balaban J connectivity index is 1.36. The summed E-state index contributed by atoms with van der Waals surface area (Å²) in [5, 5.41) is 19.1. The SMILES string of the molecule is O=c1[nH]c(C2CCN(S(=O)(=O)c3cccc([N+](=O)[O-])c3)CC2)nc2c1nnn2Cc1ccccc1. The molecule has 35 heavy (non-hydrogen) atoms. The van der Waals surface area contributed by atoms with E-state index in [4.69, 9.17) is 0 Å². The highest BCUT2D eigenvalue weighted by atomic mass is 32.2. The molecule has 4 aromatic rings. The van der Waals surface area contributed by atoms with Crippen molar-refractivity contribution in [2.45, 2.75) is 30.2 Å². The van der Waals surface area contributed by atoms with Gasteiger partial charge in [0.05, 0.1) is 16.4 Å². The number of non-ortho nitro benzene ring substituents is 1. The molecule has 0 bridgehead atoms. The predicted molar refractivity (Wildman–Crippen MR) is 125 cm³/mol. The number of nitrogens with zero attached hydrogens (tertiary/aromatic N) is 6. The number of benzene rings is 2. The molecule has 13 heteroatoms. The van der Waals surface area contributed by atoms with E-state index in [2.05, 4.69) is 20.3 Å². The number of rotatable bonds is 6. The van der Waals surface area contributed by atoms with E-state index >= 15 is 0 Å². The van der Waals surface area contributed by atoms with E-state index in [0.717, 1.165) is 11.6 Å². The average molecular weight is 496 g/mol. The van der Waals surface area contributed by atoms with E-state index in [-0.39, 0.29) is 35.1 Å². The lowest BCUT2D eigenvalue weighted by Crippen LogP contribution is -2.38. The largest absolute Gasteiger partial charge is 0.308 e. The van der Waals surface area contributed by atoms with Crippen LogP contribution in [0.15, 0.2) is 64.3 Å². The van der Waals surface area contributed by atoms with Gasteiger partial charge in [-0.25, -0.2) is 18.1 Å². The molecule has 1 fully saturated rings. The lowest BCUT2D eigenvalue weighted by molar-refractivity contribution is -0.385. The lowest BCUT2D eigenvalue weighted by Gasteiger charge is -2.30. The van der Waals surface area contributed by atoms with Crippen LogP contribution in [0.1, 0.15) is 30.1 Å². The van der Waals surface area contributed by atoms with Gasteiger partial charge in [0, 0.05) is 31.1 Å². The quantitative estimate of drug-likeness (QED) is 0.314. The number of fused-ring (bicyclic) bond motifs is 1. The van der Waals surface area contributed by atoms with E-state index < -0.39 is 20.5 Å². The summed E-state index contributed by atoms with van der Waals surface area (Å²) in [7, 11) is -3.89. The zero-order valence-electron chi connectivity index (χ0n) is 18.4. The highest BCUT2D eigenvalue weighted by Crippen LogP contribution is 2.30. The molecule has 0 unspecified atom stereocenters. The van der Waals surface area contributed by atoms with Crippen LogP contribution in [0.2, 0.25) is 0 Å². The van der Waals surface area contributed by atoms with Gasteiger partial charge >= 0.3 is 0 Å². The first-order valence-corrected chi connectivity index (χ1v) is 12.4. The van der Waals surface area contributed by atoms with Crippen molar-refractivity contribution >= 4 is 26.9 Å². The van der Waals surface area contributed by atoms with Crippen molar-refractivity contribution in [2.75, 3.05) is 13.1 Å². The average Bonchev–Trinajstić information content (AvgIpc) is 3.28. The molecule has 0 radical (unpaired) electrons. The molecule has 180 valence electrons. The second kappa shape index (κ2) is 9.00. The number of hydrogen-bond donors (Lipinski definition) is 1. The predicted octanol–water partition coefficient (Wildman–Crippen LogP) is 2.04. The van der Waals surface area contributed by atoms with Crippen molar-refractivity contribution < 1.29 is 13.3 Å². The lowest BCUT2D eigenvalue weighted by atomic mass is 9.97. The number of hydrogen-bond acceptors (Lipinski definition) is 8. The Labute approximate surface area is 199 Å². The van der Waals surface area contributed by atoms with Crippen LogP contribution in [-0.4, -0.2) is 55.7 Å². The number of piperidine rings is 1. The molecule has 2 aromatic heterocycles. The van der Waals surface area contributed by atoms with Gasteiger partial charge in [0.25, 0.3) is 11.2 Å². The molecule has 2 aromatic carbocycles. The molecule has 0 saturated carbocycles. The fourth-order valence-corrected chi connectivity index (χ4v) is 5.73. The van der Waals surface area contributed by atoms with Crippen molar-refractivity contribution in [3.05, 3.63) is 86.5 Å². The minimum atomic E-state index is -3.89. The first kappa shape index (κ1) is 22.8. The summed E-state index contributed by atoms with van der Waals surface area (Å²) in [6.07, 6.45) is 0.867. The third kappa shape index (κ3) is 4.42. The van der Waals surface area contributed by atoms with Gasteiger partial charge in [-0.3, -0.25) is 14.9 Å². The maximum Gasteiger partial charge on any atom is 0.281 e. The summed E-state index contributed by atoms with van der Waals surface area (Å²) in [6, 6.07) is 14.6. The first-order valence-electron chi connectivity index (χ1n) is 10.9. The Kier molecular flexibility index (Phi) is 5.86. The zero-order valence-corrected chi connectivity index (χ0v) is 19.3. The third-order valence-corrected chi connectivity index (χ3v) is 7.97. The number of H-pyrrole nitrogens is 1. The van der Waals surface area contributed by atoms with Gasteiger partial charge in [-0.05, 0) is 24.5 Å². The Hall–Kier alpha value is -3.97. The summed E-state index contributed by atoms with van der Waals surface area (Å²) in [5.41, 5.74) is 0.838. The van der Waals surface area contributed by atoms with Gasteiger partial charge in [0.1, 0.15) is 5.82 Å². The van der Waals surface area contributed by atoms with Crippen LogP contribution in [0, 0.1) is 10.1 Å². The maximum absolute atomic E-state index is 13.0. The third-order valence-electron chi connectivity index (χ3n) is 6.07. The number of aromatic nitrogens is 5. The molecule has 1 saturated heterocycles. The topological polar surface area (TPSA) is 157 Å². The second-order valence-electron chi connectivity index (χ2n) is 8.29. The minimum Gasteiger partial charge on any atom is -0.308 e. The Morgan fingerprint density at radius 1 is 1.09 bits per heavy atom. The maximum atomic E-state index is 13.0. The van der Waals surface area contributed by atoms with E-state index in [0.29, 0.717) is 30.9 Å². The second-order valence-corrected chi connectivity index (χ2v) is 10.2. The molecular weight excluding hydrogens is 474 g/mol.